The van der Waals surface area contributed by atoms with E-state index in [-0.39, 0.29) is 11.7 Å². The number of ether oxygens (including phenoxy) is 2. The Hall–Kier alpha value is -0.610. The minimum Gasteiger partial charge on any atom is -0.350 e. The van der Waals surface area contributed by atoms with Crippen molar-refractivity contribution < 1.29 is 14.3 Å². The summed E-state index contributed by atoms with van der Waals surface area (Å²) in [4.78, 5) is 14.8. The summed E-state index contributed by atoms with van der Waals surface area (Å²) in [6, 6.07) is 0. The molecule has 1 atom stereocenters. The van der Waals surface area contributed by atoms with Crippen molar-refractivity contribution in [2.24, 2.45) is 11.3 Å². The molecule has 4 nitrogen and oxygen atoms in total. The zero-order chi connectivity index (χ0) is 13.3. The normalized spacial score (nSPS) is 31.8. The predicted octanol–water partition coefficient (Wildman–Crippen LogP) is 2.18. The van der Waals surface area contributed by atoms with Crippen LogP contribution in [0.5, 0.6) is 0 Å². The molecular weight excluding hydrogens is 242 g/mol. The fourth-order valence-electron chi connectivity index (χ4n) is 3.82. The lowest BCUT2D eigenvalue weighted by atomic mass is 9.85. The zero-order valence-corrected chi connectivity index (χ0v) is 11.9. The molecule has 0 bridgehead atoms. The molecule has 2 aliphatic heterocycles. The van der Waals surface area contributed by atoms with Crippen LogP contribution >= 0.6 is 0 Å². The highest BCUT2D eigenvalue weighted by molar-refractivity contribution is 5.82. The lowest BCUT2D eigenvalue weighted by Crippen LogP contribution is -2.48. The summed E-state index contributed by atoms with van der Waals surface area (Å²) >= 11 is 0. The Morgan fingerprint density at radius 2 is 1.84 bits per heavy atom. The highest BCUT2D eigenvalue weighted by Crippen LogP contribution is 2.40. The SMILES string of the molecule is CC1(C(=O)N2CCCC(C3OCCO3)C2)CCCC1. The molecule has 1 amide bonds. The highest BCUT2D eigenvalue weighted by atomic mass is 16.7. The Balaban J connectivity index is 1.62. The molecule has 0 aromatic carbocycles. The third kappa shape index (κ3) is 2.65. The van der Waals surface area contributed by atoms with Crippen molar-refractivity contribution in [3.63, 3.8) is 0 Å². The maximum atomic E-state index is 12.7. The van der Waals surface area contributed by atoms with E-state index in [1.807, 2.05) is 0 Å². The van der Waals surface area contributed by atoms with Gasteiger partial charge in [0, 0.05) is 24.4 Å². The first-order valence-electron chi connectivity index (χ1n) is 7.72. The molecule has 3 rings (SSSR count). The predicted molar refractivity (Wildman–Crippen MR) is 71.6 cm³/mol. The van der Waals surface area contributed by atoms with Crippen LogP contribution in [-0.4, -0.2) is 43.4 Å². The molecule has 19 heavy (non-hydrogen) atoms. The van der Waals surface area contributed by atoms with E-state index in [0.29, 0.717) is 25.0 Å². The smallest absolute Gasteiger partial charge is 0.228 e. The second-order valence-corrected chi connectivity index (χ2v) is 6.53. The number of piperidine rings is 1. The average Bonchev–Trinajstić information content (AvgIpc) is 3.10. The van der Waals surface area contributed by atoms with Gasteiger partial charge in [-0.15, -0.1) is 0 Å². The van der Waals surface area contributed by atoms with E-state index in [9.17, 15) is 4.79 Å². The minimum absolute atomic E-state index is 0.0769. The van der Waals surface area contributed by atoms with Crippen molar-refractivity contribution in [2.75, 3.05) is 26.3 Å². The lowest BCUT2D eigenvalue weighted by molar-refractivity contribution is -0.148. The van der Waals surface area contributed by atoms with Gasteiger partial charge >= 0.3 is 0 Å². The molecule has 0 aromatic rings. The molecule has 3 aliphatic rings. The Kier molecular flexibility index (Phi) is 3.81. The van der Waals surface area contributed by atoms with Crippen LogP contribution in [0.1, 0.15) is 45.4 Å². The summed E-state index contributed by atoms with van der Waals surface area (Å²) in [5, 5.41) is 0. The summed E-state index contributed by atoms with van der Waals surface area (Å²) in [6.07, 6.45) is 6.64. The van der Waals surface area contributed by atoms with E-state index in [4.69, 9.17) is 9.47 Å². The van der Waals surface area contributed by atoms with Gasteiger partial charge in [0.15, 0.2) is 6.29 Å². The van der Waals surface area contributed by atoms with Gasteiger partial charge in [-0.2, -0.15) is 0 Å². The number of nitrogens with zero attached hydrogens (tertiary/aromatic N) is 1. The van der Waals surface area contributed by atoms with Crippen LogP contribution in [0.15, 0.2) is 0 Å². The molecule has 2 heterocycles. The number of hydrogen-bond acceptors (Lipinski definition) is 3. The van der Waals surface area contributed by atoms with Crippen molar-refractivity contribution in [1.29, 1.82) is 0 Å². The fraction of sp³-hybridized carbons (Fsp3) is 0.933. The van der Waals surface area contributed by atoms with Gasteiger partial charge in [-0.05, 0) is 25.7 Å². The van der Waals surface area contributed by atoms with E-state index in [2.05, 4.69) is 11.8 Å². The van der Waals surface area contributed by atoms with Crippen molar-refractivity contribution in [3.05, 3.63) is 0 Å². The zero-order valence-electron chi connectivity index (χ0n) is 11.9. The topological polar surface area (TPSA) is 38.8 Å². The fourth-order valence-corrected chi connectivity index (χ4v) is 3.82. The van der Waals surface area contributed by atoms with Gasteiger partial charge in [-0.3, -0.25) is 4.79 Å². The number of hydrogen-bond donors (Lipinski definition) is 0. The largest absolute Gasteiger partial charge is 0.350 e. The van der Waals surface area contributed by atoms with Crippen molar-refractivity contribution in [3.8, 4) is 0 Å². The van der Waals surface area contributed by atoms with Crippen LogP contribution in [0.4, 0.5) is 0 Å². The highest BCUT2D eigenvalue weighted by Gasteiger charge is 2.41. The summed E-state index contributed by atoms with van der Waals surface area (Å²) in [5.74, 6) is 0.734. The molecule has 1 aliphatic carbocycles. The maximum Gasteiger partial charge on any atom is 0.228 e. The van der Waals surface area contributed by atoms with E-state index < -0.39 is 0 Å². The molecule has 4 heteroatoms. The molecule has 1 unspecified atom stereocenters. The summed E-state index contributed by atoms with van der Waals surface area (Å²) in [6.45, 7) is 5.28. The number of amides is 1. The summed E-state index contributed by atoms with van der Waals surface area (Å²) in [7, 11) is 0. The number of carbonyl (C=O) groups is 1. The Morgan fingerprint density at radius 1 is 1.16 bits per heavy atom. The van der Waals surface area contributed by atoms with Gasteiger partial charge in [0.05, 0.1) is 13.2 Å². The van der Waals surface area contributed by atoms with Crippen LogP contribution < -0.4 is 0 Å². The quantitative estimate of drug-likeness (QED) is 0.769. The second-order valence-electron chi connectivity index (χ2n) is 6.53. The first-order chi connectivity index (χ1) is 9.19. The third-order valence-corrected chi connectivity index (χ3v) is 5.00. The molecule has 108 valence electrons. The van der Waals surface area contributed by atoms with Crippen LogP contribution in [0.25, 0.3) is 0 Å². The van der Waals surface area contributed by atoms with Crippen LogP contribution in [0, 0.1) is 11.3 Å². The van der Waals surface area contributed by atoms with Gasteiger partial charge in [0.2, 0.25) is 5.91 Å². The van der Waals surface area contributed by atoms with E-state index >= 15 is 0 Å². The maximum absolute atomic E-state index is 12.7. The minimum atomic E-state index is -0.0979. The van der Waals surface area contributed by atoms with E-state index in [0.717, 1.165) is 38.8 Å². The lowest BCUT2D eigenvalue weighted by Gasteiger charge is -2.38. The Labute approximate surface area is 115 Å². The first-order valence-corrected chi connectivity index (χ1v) is 7.72. The third-order valence-electron chi connectivity index (χ3n) is 5.00. The van der Waals surface area contributed by atoms with Crippen LogP contribution in [0.2, 0.25) is 0 Å². The van der Waals surface area contributed by atoms with Crippen molar-refractivity contribution >= 4 is 5.91 Å². The van der Waals surface area contributed by atoms with Gasteiger partial charge in [-0.25, -0.2) is 0 Å². The molecule has 0 aromatic heterocycles. The monoisotopic (exact) mass is 267 g/mol. The molecular formula is C15H25NO3. The second kappa shape index (κ2) is 5.41. The molecule has 1 saturated carbocycles. The van der Waals surface area contributed by atoms with E-state index in [1.165, 1.54) is 12.8 Å². The van der Waals surface area contributed by atoms with Gasteiger partial charge in [0.25, 0.3) is 0 Å². The van der Waals surface area contributed by atoms with Gasteiger partial charge in [0.1, 0.15) is 0 Å². The molecule has 0 radical (unpaired) electrons. The summed E-state index contributed by atoms with van der Waals surface area (Å²) in [5.41, 5.74) is -0.0979. The molecule has 3 fully saturated rings. The number of carbonyl (C=O) groups excluding carboxylic acids is 1. The number of likely N-dealkylation sites (tertiary alicyclic amines) is 1. The van der Waals surface area contributed by atoms with Crippen molar-refractivity contribution in [1.82, 2.24) is 4.90 Å². The summed E-state index contributed by atoms with van der Waals surface area (Å²) < 4.78 is 11.2. The van der Waals surface area contributed by atoms with Crippen LogP contribution in [-0.2, 0) is 14.3 Å². The Morgan fingerprint density at radius 3 is 2.53 bits per heavy atom. The first kappa shape index (κ1) is 13.4. The average molecular weight is 267 g/mol. The number of rotatable bonds is 2. The van der Waals surface area contributed by atoms with Crippen molar-refractivity contribution in [2.45, 2.75) is 51.7 Å². The van der Waals surface area contributed by atoms with Crippen LogP contribution in [0.3, 0.4) is 0 Å². The Bertz CT molecular complexity index is 332. The standard InChI is InChI=1S/C15H25NO3/c1-15(6-2-3-7-15)14(17)16-8-4-5-12(11-16)13-18-9-10-19-13/h12-13H,2-11H2,1H3. The van der Waals surface area contributed by atoms with Gasteiger partial charge in [-0.1, -0.05) is 19.8 Å². The van der Waals surface area contributed by atoms with E-state index in [1.54, 1.807) is 0 Å². The van der Waals surface area contributed by atoms with Gasteiger partial charge < -0.3 is 14.4 Å². The molecule has 0 N–H and O–H groups in total. The molecule has 2 saturated heterocycles. The molecule has 0 spiro atoms.